The van der Waals surface area contributed by atoms with Crippen molar-refractivity contribution >= 4 is 0 Å². The summed E-state index contributed by atoms with van der Waals surface area (Å²) >= 11 is 0. The molecule has 0 aliphatic carbocycles. The van der Waals surface area contributed by atoms with Crippen molar-refractivity contribution in [3.63, 3.8) is 0 Å². The normalized spacial score (nSPS) is 11.7. The van der Waals surface area contributed by atoms with Crippen molar-refractivity contribution in [2.45, 2.75) is 32.4 Å². The molecule has 0 fully saturated rings. The zero-order valence-corrected chi connectivity index (χ0v) is 7.93. The SMILES string of the molecule is CCCCc1cc(C(F)(F)F)ccn1. The van der Waals surface area contributed by atoms with Gasteiger partial charge in [0.25, 0.3) is 0 Å². The molecule has 0 saturated carbocycles. The second-order valence-corrected chi connectivity index (χ2v) is 3.14. The summed E-state index contributed by atoms with van der Waals surface area (Å²) in [5.41, 5.74) is -0.0970. The summed E-state index contributed by atoms with van der Waals surface area (Å²) in [4.78, 5) is 3.89. The van der Waals surface area contributed by atoms with Gasteiger partial charge in [0, 0.05) is 11.9 Å². The van der Waals surface area contributed by atoms with E-state index in [-0.39, 0.29) is 0 Å². The Morgan fingerprint density at radius 2 is 2.07 bits per heavy atom. The predicted molar refractivity (Wildman–Crippen MR) is 47.9 cm³/mol. The highest BCUT2D eigenvalue weighted by Crippen LogP contribution is 2.29. The molecule has 0 amide bonds. The van der Waals surface area contributed by atoms with Gasteiger partial charge in [-0.25, -0.2) is 0 Å². The third kappa shape index (κ3) is 3.01. The minimum absolute atomic E-state index is 0.515. The maximum atomic E-state index is 12.3. The van der Waals surface area contributed by atoms with Crippen molar-refractivity contribution in [1.82, 2.24) is 4.98 Å². The molecule has 0 aliphatic rings. The molecule has 0 aliphatic heterocycles. The number of aryl methyl sites for hydroxylation is 1. The molecule has 14 heavy (non-hydrogen) atoms. The molecule has 0 saturated heterocycles. The van der Waals surface area contributed by atoms with Crippen molar-refractivity contribution < 1.29 is 13.2 Å². The van der Waals surface area contributed by atoms with Gasteiger partial charge in [-0.05, 0) is 25.0 Å². The van der Waals surface area contributed by atoms with Gasteiger partial charge >= 0.3 is 6.18 Å². The number of rotatable bonds is 3. The van der Waals surface area contributed by atoms with Crippen molar-refractivity contribution in [3.05, 3.63) is 29.6 Å². The quantitative estimate of drug-likeness (QED) is 0.733. The summed E-state index contributed by atoms with van der Waals surface area (Å²) < 4.78 is 36.8. The maximum Gasteiger partial charge on any atom is 0.416 e. The van der Waals surface area contributed by atoms with E-state index in [0.29, 0.717) is 12.1 Å². The Morgan fingerprint density at radius 1 is 1.36 bits per heavy atom. The Kier molecular flexibility index (Phi) is 3.49. The van der Waals surface area contributed by atoms with Crippen LogP contribution in [0.3, 0.4) is 0 Å². The first kappa shape index (κ1) is 11.0. The number of halogens is 3. The van der Waals surface area contributed by atoms with E-state index in [0.717, 1.165) is 25.0 Å². The topological polar surface area (TPSA) is 12.9 Å². The highest BCUT2D eigenvalue weighted by molar-refractivity contribution is 5.19. The Morgan fingerprint density at radius 3 is 2.64 bits per heavy atom. The standard InChI is InChI=1S/C10H12F3N/c1-2-3-4-9-7-8(5-6-14-9)10(11,12)13/h5-7H,2-4H2,1H3. The van der Waals surface area contributed by atoms with E-state index >= 15 is 0 Å². The van der Waals surface area contributed by atoms with E-state index in [4.69, 9.17) is 0 Å². The lowest BCUT2D eigenvalue weighted by Gasteiger charge is -2.07. The number of aromatic nitrogens is 1. The molecule has 0 spiro atoms. The van der Waals surface area contributed by atoms with Crippen molar-refractivity contribution in [3.8, 4) is 0 Å². The van der Waals surface area contributed by atoms with E-state index in [2.05, 4.69) is 4.98 Å². The van der Waals surface area contributed by atoms with Gasteiger partial charge in [-0.1, -0.05) is 13.3 Å². The molecule has 4 heteroatoms. The fraction of sp³-hybridized carbons (Fsp3) is 0.500. The van der Waals surface area contributed by atoms with Crippen LogP contribution < -0.4 is 0 Å². The Hall–Kier alpha value is -1.06. The molecule has 1 heterocycles. The van der Waals surface area contributed by atoms with Gasteiger partial charge in [0.15, 0.2) is 0 Å². The van der Waals surface area contributed by atoms with Crippen LogP contribution in [0.4, 0.5) is 13.2 Å². The first-order chi connectivity index (χ1) is 6.54. The average Bonchev–Trinajstić information content (AvgIpc) is 2.14. The molecule has 1 aromatic heterocycles. The molecule has 0 N–H and O–H groups in total. The number of nitrogens with zero attached hydrogens (tertiary/aromatic N) is 1. The monoisotopic (exact) mass is 203 g/mol. The van der Waals surface area contributed by atoms with E-state index < -0.39 is 11.7 Å². The number of alkyl halides is 3. The van der Waals surface area contributed by atoms with Gasteiger partial charge in [-0.3, -0.25) is 4.98 Å². The second kappa shape index (κ2) is 4.44. The molecule has 0 unspecified atom stereocenters. The van der Waals surface area contributed by atoms with Crippen LogP contribution in [0.2, 0.25) is 0 Å². The lowest BCUT2D eigenvalue weighted by atomic mass is 10.1. The van der Waals surface area contributed by atoms with Crippen molar-refractivity contribution in [2.24, 2.45) is 0 Å². The highest BCUT2D eigenvalue weighted by Gasteiger charge is 2.30. The summed E-state index contributed by atoms with van der Waals surface area (Å²) in [5, 5.41) is 0. The summed E-state index contributed by atoms with van der Waals surface area (Å²) in [7, 11) is 0. The molecule has 1 nitrogen and oxygen atoms in total. The lowest BCUT2D eigenvalue weighted by Crippen LogP contribution is -2.06. The zero-order valence-electron chi connectivity index (χ0n) is 7.93. The average molecular weight is 203 g/mol. The van der Waals surface area contributed by atoms with E-state index in [9.17, 15) is 13.2 Å². The number of hydrogen-bond acceptors (Lipinski definition) is 1. The maximum absolute atomic E-state index is 12.3. The summed E-state index contributed by atoms with van der Waals surface area (Å²) in [5.74, 6) is 0. The van der Waals surface area contributed by atoms with Gasteiger partial charge in [-0.2, -0.15) is 13.2 Å². The van der Waals surface area contributed by atoms with Gasteiger partial charge in [0.1, 0.15) is 0 Å². The zero-order chi connectivity index (χ0) is 10.6. The Labute approximate surface area is 81.0 Å². The number of pyridine rings is 1. The third-order valence-corrected chi connectivity index (χ3v) is 1.93. The first-order valence-electron chi connectivity index (χ1n) is 4.56. The van der Waals surface area contributed by atoms with Gasteiger partial charge in [0.05, 0.1) is 5.56 Å². The van der Waals surface area contributed by atoms with Crippen molar-refractivity contribution in [1.29, 1.82) is 0 Å². The minimum Gasteiger partial charge on any atom is -0.261 e. The van der Waals surface area contributed by atoms with Gasteiger partial charge < -0.3 is 0 Å². The van der Waals surface area contributed by atoms with E-state index in [1.807, 2.05) is 6.92 Å². The van der Waals surface area contributed by atoms with Crippen molar-refractivity contribution in [2.75, 3.05) is 0 Å². The second-order valence-electron chi connectivity index (χ2n) is 3.14. The van der Waals surface area contributed by atoms with Crippen LogP contribution in [0, 0.1) is 0 Å². The van der Waals surface area contributed by atoms with Crippen LogP contribution in [0.15, 0.2) is 18.3 Å². The molecule has 0 radical (unpaired) electrons. The number of unbranched alkanes of at least 4 members (excludes halogenated alkanes) is 1. The minimum atomic E-state index is -4.26. The smallest absolute Gasteiger partial charge is 0.261 e. The highest BCUT2D eigenvalue weighted by atomic mass is 19.4. The molecule has 0 bridgehead atoms. The van der Waals surface area contributed by atoms with Gasteiger partial charge in [-0.15, -0.1) is 0 Å². The molecule has 1 aromatic rings. The molecule has 0 atom stereocenters. The summed E-state index contributed by atoms with van der Waals surface area (Å²) in [6.07, 6.45) is -0.607. The fourth-order valence-electron chi connectivity index (χ4n) is 1.15. The Bertz CT molecular complexity index is 294. The first-order valence-corrected chi connectivity index (χ1v) is 4.56. The van der Waals surface area contributed by atoms with E-state index in [1.54, 1.807) is 0 Å². The van der Waals surface area contributed by atoms with Crippen LogP contribution in [-0.2, 0) is 12.6 Å². The molecule has 0 aromatic carbocycles. The predicted octanol–water partition coefficient (Wildman–Crippen LogP) is 3.44. The van der Waals surface area contributed by atoms with Crippen LogP contribution in [-0.4, -0.2) is 4.98 Å². The fourth-order valence-corrected chi connectivity index (χ4v) is 1.15. The van der Waals surface area contributed by atoms with Crippen LogP contribution in [0.25, 0.3) is 0 Å². The molecular weight excluding hydrogens is 191 g/mol. The lowest BCUT2D eigenvalue weighted by molar-refractivity contribution is -0.137. The molecular formula is C10H12F3N. The van der Waals surface area contributed by atoms with Crippen LogP contribution in [0.1, 0.15) is 31.0 Å². The summed E-state index contributed by atoms with van der Waals surface area (Å²) in [6.45, 7) is 1.99. The third-order valence-electron chi connectivity index (χ3n) is 1.93. The largest absolute Gasteiger partial charge is 0.416 e. The van der Waals surface area contributed by atoms with Gasteiger partial charge in [0.2, 0.25) is 0 Å². The summed E-state index contributed by atoms with van der Waals surface area (Å²) in [6, 6.07) is 2.12. The van der Waals surface area contributed by atoms with Crippen LogP contribution in [0.5, 0.6) is 0 Å². The molecule has 1 rings (SSSR count). The van der Waals surface area contributed by atoms with E-state index in [1.165, 1.54) is 6.20 Å². The molecule has 78 valence electrons. The van der Waals surface area contributed by atoms with Crippen LogP contribution >= 0.6 is 0 Å². The Balaban J connectivity index is 2.79. The number of hydrogen-bond donors (Lipinski definition) is 0.